The normalized spacial score (nSPS) is 46.9. The summed E-state index contributed by atoms with van der Waals surface area (Å²) in [4.78, 5) is 0. The van der Waals surface area contributed by atoms with Crippen LogP contribution in [0.3, 0.4) is 0 Å². The summed E-state index contributed by atoms with van der Waals surface area (Å²) in [6.45, 7) is 6.49. The minimum absolute atomic E-state index is 0.294. The molecule has 0 aromatic rings. The van der Waals surface area contributed by atoms with Crippen LogP contribution in [-0.4, -0.2) is 26.4 Å². The van der Waals surface area contributed by atoms with Crippen LogP contribution in [0.1, 0.15) is 71.6 Å². The van der Waals surface area contributed by atoms with Crippen molar-refractivity contribution in [3.05, 3.63) is 0 Å². The van der Waals surface area contributed by atoms with E-state index in [2.05, 4.69) is 32.8 Å². The van der Waals surface area contributed by atoms with Crippen molar-refractivity contribution in [1.82, 2.24) is 0 Å². The van der Waals surface area contributed by atoms with Gasteiger partial charge in [-0.3, -0.25) is 0 Å². The van der Waals surface area contributed by atoms with Crippen LogP contribution in [0.5, 0.6) is 0 Å². The Labute approximate surface area is 172 Å². The van der Waals surface area contributed by atoms with E-state index in [9.17, 15) is 5.26 Å². The van der Waals surface area contributed by atoms with Gasteiger partial charge in [-0.15, -0.1) is 12.8 Å². The maximum absolute atomic E-state index is 9.67. The van der Waals surface area contributed by atoms with E-state index in [0.29, 0.717) is 29.5 Å². The maximum Gasteiger partial charge on any atom is 0.0704 e. The summed E-state index contributed by atoms with van der Waals surface area (Å²) in [5, 5.41) is 9.67. The molecule has 4 fully saturated rings. The fourth-order valence-corrected chi connectivity index (χ4v) is 7.96. The average molecular weight is 386 g/mol. The fraction of sp³-hybridized carbons (Fsp3) is 0.880. The molecule has 28 heavy (non-hydrogen) atoms. The zero-order chi connectivity index (χ0) is 20.4. The second-order valence-electron chi connectivity index (χ2n) is 10.2. The van der Waals surface area contributed by atoms with E-state index in [0.717, 1.165) is 36.7 Å². The Hall–Kier alpha value is -1.03. The number of rotatable bonds is 4. The van der Waals surface area contributed by atoms with Crippen molar-refractivity contribution in [2.45, 2.75) is 77.7 Å². The molecule has 4 rings (SSSR count). The number of terminal acetylenes is 1. The standard InChI is InChI=1S/C23H37NO2.C2H2/c1-22-11-10-21-19(20(22)9-6-17(22)15-24)8-5-16-4-7-18(14-23(16,21)2)26-13-12-25-3;1-2/h16-21H,4-14H2,1-3H3;1-2H. The Morgan fingerprint density at radius 2 is 1.64 bits per heavy atom. The van der Waals surface area contributed by atoms with Gasteiger partial charge in [0.1, 0.15) is 0 Å². The topological polar surface area (TPSA) is 42.2 Å². The molecule has 0 aromatic heterocycles. The Morgan fingerprint density at radius 1 is 0.929 bits per heavy atom. The van der Waals surface area contributed by atoms with Crippen molar-refractivity contribution in [1.29, 1.82) is 5.26 Å². The van der Waals surface area contributed by atoms with E-state index in [1.165, 1.54) is 51.4 Å². The largest absolute Gasteiger partial charge is 0.382 e. The highest BCUT2D eigenvalue weighted by atomic mass is 16.5. The van der Waals surface area contributed by atoms with E-state index in [-0.39, 0.29) is 0 Å². The molecule has 0 saturated heterocycles. The summed E-state index contributed by atoms with van der Waals surface area (Å²) < 4.78 is 11.4. The molecule has 3 heteroatoms. The highest BCUT2D eigenvalue weighted by Gasteiger charge is 2.60. The number of hydrogen-bond acceptors (Lipinski definition) is 3. The van der Waals surface area contributed by atoms with Crippen LogP contribution in [-0.2, 0) is 9.47 Å². The second kappa shape index (κ2) is 8.77. The number of ether oxygens (including phenoxy) is 2. The minimum atomic E-state index is 0.294. The lowest BCUT2D eigenvalue weighted by Gasteiger charge is -2.61. The summed E-state index contributed by atoms with van der Waals surface area (Å²) in [6, 6.07) is 2.67. The molecular formula is C25H39NO2. The molecule has 0 N–H and O–H groups in total. The first-order valence-electron chi connectivity index (χ1n) is 11.4. The van der Waals surface area contributed by atoms with Crippen molar-refractivity contribution in [2.75, 3.05) is 20.3 Å². The first kappa shape index (κ1) is 21.7. The number of nitriles is 1. The Bertz CT molecular complexity index is 593. The first-order valence-corrected chi connectivity index (χ1v) is 11.4. The van der Waals surface area contributed by atoms with Crippen LogP contribution in [0.25, 0.3) is 0 Å². The average Bonchev–Trinajstić information content (AvgIpc) is 3.05. The molecular weight excluding hydrogens is 346 g/mol. The quantitative estimate of drug-likeness (QED) is 0.477. The summed E-state index contributed by atoms with van der Waals surface area (Å²) in [7, 11) is 1.75. The van der Waals surface area contributed by atoms with Gasteiger partial charge in [-0.25, -0.2) is 0 Å². The lowest BCUT2D eigenvalue weighted by atomic mass is 9.44. The van der Waals surface area contributed by atoms with E-state index in [1.54, 1.807) is 7.11 Å². The van der Waals surface area contributed by atoms with Gasteiger partial charge in [0, 0.05) is 7.11 Å². The third-order valence-electron chi connectivity index (χ3n) is 9.37. The summed E-state index contributed by atoms with van der Waals surface area (Å²) >= 11 is 0. The molecule has 0 aliphatic heterocycles. The van der Waals surface area contributed by atoms with E-state index in [4.69, 9.17) is 9.47 Å². The fourth-order valence-electron chi connectivity index (χ4n) is 7.96. The van der Waals surface area contributed by atoms with Gasteiger partial charge in [-0.1, -0.05) is 13.8 Å². The first-order chi connectivity index (χ1) is 13.5. The molecule has 0 aromatic carbocycles. The SMILES string of the molecule is C#C.COCCOC1CCC2CCC3C4CCC(C#N)C4(C)CCC3C2(C)C1. The van der Waals surface area contributed by atoms with Gasteiger partial charge < -0.3 is 9.47 Å². The smallest absolute Gasteiger partial charge is 0.0704 e. The molecule has 8 unspecified atom stereocenters. The molecule has 0 heterocycles. The summed E-state index contributed by atoms with van der Waals surface area (Å²) in [6.07, 6.45) is 20.1. The predicted octanol–water partition coefficient (Wildman–Crippen LogP) is 5.45. The highest BCUT2D eigenvalue weighted by Crippen LogP contribution is 2.67. The minimum Gasteiger partial charge on any atom is -0.382 e. The van der Waals surface area contributed by atoms with E-state index in [1.807, 2.05) is 0 Å². The number of fused-ring (bicyclic) bond motifs is 5. The van der Waals surface area contributed by atoms with E-state index >= 15 is 0 Å². The van der Waals surface area contributed by atoms with Gasteiger partial charge in [0.05, 0.1) is 31.3 Å². The molecule has 0 amide bonds. The van der Waals surface area contributed by atoms with Crippen LogP contribution < -0.4 is 0 Å². The van der Waals surface area contributed by atoms with Gasteiger partial charge in [-0.05, 0) is 92.3 Å². The number of nitrogens with zero attached hydrogens (tertiary/aromatic N) is 1. The van der Waals surface area contributed by atoms with Gasteiger partial charge in [-0.2, -0.15) is 5.26 Å². The van der Waals surface area contributed by atoms with Crippen LogP contribution >= 0.6 is 0 Å². The van der Waals surface area contributed by atoms with Crippen LogP contribution in [0, 0.1) is 64.6 Å². The van der Waals surface area contributed by atoms with Crippen LogP contribution in [0.2, 0.25) is 0 Å². The molecule has 0 radical (unpaired) electrons. The molecule has 156 valence electrons. The van der Waals surface area contributed by atoms with Gasteiger partial charge in [0.2, 0.25) is 0 Å². The zero-order valence-corrected chi connectivity index (χ0v) is 18.2. The van der Waals surface area contributed by atoms with Gasteiger partial charge in [0.25, 0.3) is 0 Å². The van der Waals surface area contributed by atoms with Crippen molar-refractivity contribution >= 4 is 0 Å². The van der Waals surface area contributed by atoms with Crippen molar-refractivity contribution in [2.24, 2.45) is 40.4 Å². The van der Waals surface area contributed by atoms with Crippen molar-refractivity contribution < 1.29 is 9.47 Å². The summed E-state index contributed by atoms with van der Waals surface area (Å²) in [5.74, 6) is 3.69. The molecule has 0 bridgehead atoms. The lowest BCUT2D eigenvalue weighted by Crippen LogP contribution is -2.54. The Balaban J connectivity index is 0.00000109. The van der Waals surface area contributed by atoms with Crippen LogP contribution in [0.15, 0.2) is 0 Å². The Morgan fingerprint density at radius 3 is 2.36 bits per heavy atom. The second-order valence-corrected chi connectivity index (χ2v) is 10.2. The molecule has 4 aliphatic rings. The number of hydrogen-bond donors (Lipinski definition) is 0. The third kappa shape index (κ3) is 3.51. The predicted molar refractivity (Wildman–Crippen MR) is 112 cm³/mol. The molecule has 4 saturated carbocycles. The summed E-state index contributed by atoms with van der Waals surface area (Å²) in [5.41, 5.74) is 0.743. The van der Waals surface area contributed by atoms with E-state index < -0.39 is 0 Å². The van der Waals surface area contributed by atoms with Crippen LogP contribution in [0.4, 0.5) is 0 Å². The zero-order valence-electron chi connectivity index (χ0n) is 18.2. The highest BCUT2D eigenvalue weighted by molar-refractivity contribution is 5.12. The lowest BCUT2D eigenvalue weighted by molar-refractivity contribution is -0.139. The third-order valence-corrected chi connectivity index (χ3v) is 9.37. The number of methoxy groups -OCH3 is 1. The molecule has 3 nitrogen and oxygen atoms in total. The van der Waals surface area contributed by atoms with Gasteiger partial charge in [0.15, 0.2) is 0 Å². The van der Waals surface area contributed by atoms with Crippen molar-refractivity contribution in [3.8, 4) is 18.9 Å². The maximum atomic E-state index is 9.67. The molecule has 8 atom stereocenters. The van der Waals surface area contributed by atoms with Gasteiger partial charge >= 0.3 is 0 Å². The monoisotopic (exact) mass is 385 g/mol. The van der Waals surface area contributed by atoms with Crippen molar-refractivity contribution in [3.63, 3.8) is 0 Å². The molecule has 0 spiro atoms. The molecule has 4 aliphatic carbocycles. The Kier molecular flexibility index (Phi) is 6.79.